The second-order valence-electron chi connectivity index (χ2n) is 8.16. The highest BCUT2D eigenvalue weighted by molar-refractivity contribution is 5.82. The summed E-state index contributed by atoms with van der Waals surface area (Å²) in [4.78, 5) is 30.0. The van der Waals surface area contributed by atoms with E-state index in [4.69, 9.17) is 4.98 Å². The zero-order chi connectivity index (χ0) is 19.3. The maximum atomic E-state index is 13.0. The number of nitrogens with one attached hydrogen (secondary N) is 1. The molecule has 0 aliphatic carbocycles. The van der Waals surface area contributed by atoms with E-state index in [0.717, 1.165) is 53.5 Å². The molecule has 0 saturated heterocycles. The number of pyridine rings is 1. The molecule has 1 aliphatic rings. The normalized spacial score (nSPS) is 15.5. The van der Waals surface area contributed by atoms with Gasteiger partial charge in [-0.25, -0.2) is 9.97 Å². The summed E-state index contributed by atoms with van der Waals surface area (Å²) in [5.74, 6) is 1.62. The molecular formula is C22H21N5O. The molecule has 3 aromatic heterocycles. The van der Waals surface area contributed by atoms with Crippen LogP contribution in [0.3, 0.4) is 0 Å². The Morgan fingerprint density at radius 1 is 1.11 bits per heavy atom. The number of aromatic amines is 1. The molecule has 6 nitrogen and oxygen atoms in total. The van der Waals surface area contributed by atoms with Crippen LogP contribution in [0.5, 0.6) is 0 Å². The van der Waals surface area contributed by atoms with E-state index in [2.05, 4.69) is 28.8 Å². The molecule has 0 amide bonds. The van der Waals surface area contributed by atoms with Crippen molar-refractivity contribution < 1.29 is 0 Å². The first-order chi connectivity index (χ1) is 13.5. The lowest BCUT2D eigenvalue weighted by molar-refractivity contribution is 0.240. The quantitative estimate of drug-likeness (QED) is 0.581. The lowest BCUT2D eigenvalue weighted by atomic mass is 9.85. The van der Waals surface area contributed by atoms with Crippen LogP contribution in [0.4, 0.5) is 0 Å². The Kier molecular flexibility index (Phi) is 3.69. The average Bonchev–Trinajstić information content (AvgIpc) is 3.19. The van der Waals surface area contributed by atoms with Gasteiger partial charge in [0, 0.05) is 30.9 Å². The van der Waals surface area contributed by atoms with Crippen LogP contribution in [0, 0.1) is 5.41 Å². The van der Waals surface area contributed by atoms with Crippen molar-refractivity contribution in [1.82, 2.24) is 24.5 Å². The molecule has 1 N–H and O–H groups in total. The van der Waals surface area contributed by atoms with E-state index < -0.39 is 0 Å². The first-order valence-electron chi connectivity index (χ1n) is 9.51. The zero-order valence-corrected chi connectivity index (χ0v) is 15.9. The standard InChI is InChI=1S/C22H21N5O/c1-22(2)9-8-19-25-17-11-14(6-7-15(17)21(28)27(19)13-22)20-24-12-18(26-20)16-5-3-4-10-23-16/h3-7,10-12H,8-9,13H2,1-2H3,(H,24,26). The molecule has 0 fully saturated rings. The summed E-state index contributed by atoms with van der Waals surface area (Å²) in [6.07, 6.45) is 5.46. The molecule has 0 unspecified atom stereocenters. The smallest absolute Gasteiger partial charge is 0.261 e. The van der Waals surface area contributed by atoms with Gasteiger partial charge in [0.1, 0.15) is 17.3 Å². The van der Waals surface area contributed by atoms with Crippen LogP contribution in [0.2, 0.25) is 0 Å². The maximum Gasteiger partial charge on any atom is 0.261 e. The number of hydrogen-bond donors (Lipinski definition) is 1. The molecule has 4 heterocycles. The second kappa shape index (κ2) is 6.12. The van der Waals surface area contributed by atoms with Crippen LogP contribution in [-0.2, 0) is 13.0 Å². The summed E-state index contributed by atoms with van der Waals surface area (Å²) >= 11 is 0. The van der Waals surface area contributed by atoms with Gasteiger partial charge in [0.15, 0.2) is 0 Å². The van der Waals surface area contributed by atoms with E-state index in [0.29, 0.717) is 5.39 Å². The zero-order valence-electron chi connectivity index (χ0n) is 15.9. The van der Waals surface area contributed by atoms with Crippen molar-refractivity contribution in [2.75, 3.05) is 0 Å². The summed E-state index contributed by atoms with van der Waals surface area (Å²) in [5, 5.41) is 0.654. The molecule has 5 rings (SSSR count). The minimum absolute atomic E-state index is 0.0490. The Balaban J connectivity index is 1.58. The molecular weight excluding hydrogens is 350 g/mol. The van der Waals surface area contributed by atoms with Gasteiger partial charge in [-0.15, -0.1) is 0 Å². The number of imidazole rings is 1. The minimum atomic E-state index is 0.0490. The molecule has 1 aromatic carbocycles. The van der Waals surface area contributed by atoms with Crippen molar-refractivity contribution >= 4 is 10.9 Å². The van der Waals surface area contributed by atoms with Crippen molar-refractivity contribution in [2.45, 2.75) is 33.2 Å². The molecule has 0 atom stereocenters. The van der Waals surface area contributed by atoms with Crippen molar-refractivity contribution in [2.24, 2.45) is 5.41 Å². The highest BCUT2D eigenvalue weighted by atomic mass is 16.1. The van der Waals surface area contributed by atoms with Gasteiger partial charge in [-0.1, -0.05) is 26.0 Å². The van der Waals surface area contributed by atoms with Crippen molar-refractivity contribution in [3.63, 3.8) is 0 Å². The molecule has 1 aliphatic heterocycles. The van der Waals surface area contributed by atoms with Gasteiger partial charge >= 0.3 is 0 Å². The highest BCUT2D eigenvalue weighted by Gasteiger charge is 2.27. The highest BCUT2D eigenvalue weighted by Crippen LogP contribution is 2.30. The van der Waals surface area contributed by atoms with E-state index >= 15 is 0 Å². The molecule has 6 heteroatoms. The third kappa shape index (κ3) is 2.81. The fourth-order valence-corrected chi connectivity index (χ4v) is 3.84. The number of nitrogens with zero attached hydrogens (tertiary/aromatic N) is 4. The lowest BCUT2D eigenvalue weighted by Gasteiger charge is -2.31. The van der Waals surface area contributed by atoms with Gasteiger partial charge in [-0.2, -0.15) is 0 Å². The van der Waals surface area contributed by atoms with Gasteiger partial charge in [-0.05, 0) is 36.1 Å². The lowest BCUT2D eigenvalue weighted by Crippen LogP contribution is -2.36. The summed E-state index contributed by atoms with van der Waals surface area (Å²) < 4.78 is 1.84. The predicted molar refractivity (Wildman–Crippen MR) is 109 cm³/mol. The van der Waals surface area contributed by atoms with Crippen LogP contribution in [0.1, 0.15) is 26.1 Å². The monoisotopic (exact) mass is 371 g/mol. The fourth-order valence-electron chi connectivity index (χ4n) is 3.84. The number of benzene rings is 1. The fraction of sp³-hybridized carbons (Fsp3) is 0.273. The van der Waals surface area contributed by atoms with Crippen LogP contribution >= 0.6 is 0 Å². The summed E-state index contributed by atoms with van der Waals surface area (Å²) in [6.45, 7) is 5.12. The van der Waals surface area contributed by atoms with Crippen molar-refractivity contribution in [3.8, 4) is 22.8 Å². The number of aromatic nitrogens is 5. The Morgan fingerprint density at radius 2 is 2.00 bits per heavy atom. The topological polar surface area (TPSA) is 76.5 Å². The van der Waals surface area contributed by atoms with Gasteiger partial charge in [0.25, 0.3) is 5.56 Å². The molecule has 0 radical (unpaired) electrons. The van der Waals surface area contributed by atoms with Crippen LogP contribution in [0.25, 0.3) is 33.7 Å². The molecule has 0 spiro atoms. The van der Waals surface area contributed by atoms with Gasteiger partial charge in [-0.3, -0.25) is 14.3 Å². The summed E-state index contributed by atoms with van der Waals surface area (Å²) in [5.41, 5.74) is 3.41. The number of hydrogen-bond acceptors (Lipinski definition) is 4. The minimum Gasteiger partial charge on any atom is -0.344 e. The van der Waals surface area contributed by atoms with E-state index in [1.807, 2.05) is 47.2 Å². The van der Waals surface area contributed by atoms with E-state index in [9.17, 15) is 4.79 Å². The Hall–Kier alpha value is -3.28. The largest absolute Gasteiger partial charge is 0.344 e. The first-order valence-corrected chi connectivity index (χ1v) is 9.51. The van der Waals surface area contributed by atoms with Gasteiger partial charge in [0.2, 0.25) is 0 Å². The predicted octanol–water partition coefficient (Wildman–Crippen LogP) is 3.82. The van der Waals surface area contributed by atoms with Gasteiger partial charge in [0.05, 0.1) is 16.6 Å². The van der Waals surface area contributed by atoms with Gasteiger partial charge < -0.3 is 4.98 Å². The maximum absolute atomic E-state index is 13.0. The van der Waals surface area contributed by atoms with Crippen molar-refractivity contribution in [1.29, 1.82) is 0 Å². The third-order valence-electron chi connectivity index (χ3n) is 5.42. The van der Waals surface area contributed by atoms with Crippen LogP contribution in [0.15, 0.2) is 53.6 Å². The summed E-state index contributed by atoms with van der Waals surface area (Å²) in [7, 11) is 0. The number of H-pyrrole nitrogens is 1. The first kappa shape index (κ1) is 16.9. The second-order valence-corrected chi connectivity index (χ2v) is 8.16. The van der Waals surface area contributed by atoms with Crippen LogP contribution in [-0.4, -0.2) is 24.5 Å². The number of rotatable bonds is 2. The SMILES string of the molecule is CC1(C)CCc2nc3cc(-c4nc(-c5ccccn5)c[nH]4)ccc3c(=O)n2C1. The molecule has 0 saturated carbocycles. The third-order valence-corrected chi connectivity index (χ3v) is 5.42. The molecule has 4 aromatic rings. The summed E-state index contributed by atoms with van der Waals surface area (Å²) in [6, 6.07) is 11.5. The molecule has 140 valence electrons. The number of aryl methyl sites for hydroxylation is 1. The van der Waals surface area contributed by atoms with E-state index in [-0.39, 0.29) is 11.0 Å². The van der Waals surface area contributed by atoms with E-state index in [1.165, 1.54) is 0 Å². The Labute approximate surface area is 162 Å². The van der Waals surface area contributed by atoms with Crippen LogP contribution < -0.4 is 5.56 Å². The Morgan fingerprint density at radius 3 is 2.82 bits per heavy atom. The molecule has 28 heavy (non-hydrogen) atoms. The average molecular weight is 371 g/mol. The Bertz CT molecular complexity index is 1240. The number of fused-ring (bicyclic) bond motifs is 2. The van der Waals surface area contributed by atoms with E-state index in [1.54, 1.807) is 6.20 Å². The van der Waals surface area contributed by atoms with Crippen molar-refractivity contribution in [3.05, 3.63) is 65.0 Å². The molecule has 0 bridgehead atoms.